The van der Waals surface area contributed by atoms with Crippen molar-refractivity contribution >= 4 is 38.7 Å². The van der Waals surface area contributed by atoms with E-state index in [1.807, 2.05) is 0 Å². The number of amides is 2. The lowest BCUT2D eigenvalue weighted by molar-refractivity contribution is 0.260. The maximum absolute atomic E-state index is 11.3. The summed E-state index contributed by atoms with van der Waals surface area (Å²) < 4.78 is 14.7. The highest BCUT2D eigenvalue weighted by Gasteiger charge is 2.06. The number of nitrogens with one attached hydrogen (secondary N) is 1. The van der Waals surface area contributed by atoms with Gasteiger partial charge in [0.15, 0.2) is 0 Å². The Morgan fingerprint density at radius 1 is 1.50 bits per heavy atom. The van der Waals surface area contributed by atoms with Crippen LogP contribution in [0.15, 0.2) is 22.6 Å². The van der Waals surface area contributed by atoms with Gasteiger partial charge < -0.3 is 11.1 Å². The summed E-state index contributed by atoms with van der Waals surface area (Å²) in [6, 6.07) is 3.96. The third-order valence-corrected chi connectivity index (χ3v) is 2.47. The molecular weight excluding hydrogens is 250 g/mol. The maximum atomic E-state index is 11.3. The molecule has 0 atom stereocenters. The predicted molar refractivity (Wildman–Crippen MR) is 67.3 cm³/mol. The van der Waals surface area contributed by atoms with Gasteiger partial charge >= 0.3 is 6.03 Å². The van der Waals surface area contributed by atoms with Crippen LogP contribution in [0, 0.1) is 0 Å². The lowest BCUT2D eigenvalue weighted by Crippen LogP contribution is -2.09. The Morgan fingerprint density at radius 2 is 2.12 bits per heavy atom. The predicted octanol–water partition coefficient (Wildman–Crippen LogP) is 2.18. The van der Waals surface area contributed by atoms with E-state index in [1.165, 1.54) is 18.6 Å². The zero-order chi connectivity index (χ0) is 12.3. The molecular formula is C9H12ClN3O2S. The van der Waals surface area contributed by atoms with Gasteiger partial charge in [-0.15, -0.1) is 4.36 Å². The van der Waals surface area contributed by atoms with Gasteiger partial charge in [-0.2, -0.15) is 0 Å². The first kappa shape index (κ1) is 12.8. The van der Waals surface area contributed by atoms with Gasteiger partial charge in [0.1, 0.15) is 0 Å². The van der Waals surface area contributed by atoms with Crippen molar-refractivity contribution in [3.05, 3.63) is 23.2 Å². The third kappa shape index (κ3) is 4.08. The summed E-state index contributed by atoms with van der Waals surface area (Å²) in [5, 5.41) is 2.75. The number of rotatable bonds is 1. The van der Waals surface area contributed by atoms with E-state index in [2.05, 4.69) is 9.68 Å². The van der Waals surface area contributed by atoms with Crippen molar-refractivity contribution in [2.45, 2.75) is 0 Å². The molecule has 1 aromatic carbocycles. The number of anilines is 2. The first-order chi connectivity index (χ1) is 7.28. The molecule has 5 nitrogen and oxygen atoms in total. The molecule has 88 valence electrons. The molecule has 16 heavy (non-hydrogen) atoms. The Labute approximate surface area is 99.2 Å². The molecule has 0 saturated heterocycles. The van der Waals surface area contributed by atoms with E-state index in [4.69, 9.17) is 17.3 Å². The second kappa shape index (κ2) is 4.71. The Bertz CT molecular complexity index is 528. The molecule has 0 radical (unpaired) electrons. The van der Waals surface area contributed by atoms with E-state index >= 15 is 0 Å². The fourth-order valence-electron chi connectivity index (χ4n) is 0.976. The van der Waals surface area contributed by atoms with Crippen molar-refractivity contribution in [3.8, 4) is 0 Å². The molecule has 0 saturated carbocycles. The van der Waals surface area contributed by atoms with Crippen LogP contribution in [0.2, 0.25) is 5.02 Å². The van der Waals surface area contributed by atoms with Crippen LogP contribution in [-0.4, -0.2) is 22.8 Å². The minimum atomic E-state index is -2.48. The Morgan fingerprint density at radius 3 is 2.69 bits per heavy atom. The summed E-state index contributed by atoms with van der Waals surface area (Å²) in [4.78, 5) is 11.3. The first-order valence-electron chi connectivity index (χ1n) is 4.31. The van der Waals surface area contributed by atoms with Crippen molar-refractivity contribution in [2.24, 2.45) is 4.36 Å². The summed E-state index contributed by atoms with van der Waals surface area (Å²) in [5.41, 5.74) is 6.35. The van der Waals surface area contributed by atoms with Gasteiger partial charge in [-0.25, -0.2) is 9.00 Å². The molecule has 0 aliphatic carbocycles. The van der Waals surface area contributed by atoms with Crippen molar-refractivity contribution in [1.82, 2.24) is 0 Å². The molecule has 0 unspecified atom stereocenters. The molecule has 0 heterocycles. The molecule has 2 amide bonds. The Hall–Kier alpha value is -1.27. The van der Waals surface area contributed by atoms with Gasteiger partial charge in [0, 0.05) is 18.2 Å². The van der Waals surface area contributed by atoms with E-state index in [1.54, 1.807) is 12.1 Å². The standard InChI is InChI=1S/C9H12ClN3O2S/c1-16(2,15)13-9(14)12-8-5-6(11)3-4-7(8)10/h3-5H,11H2,1-2H3,(H,12,14). The highest BCUT2D eigenvalue weighted by atomic mass is 35.5. The molecule has 0 aromatic heterocycles. The van der Waals surface area contributed by atoms with Crippen LogP contribution in [0.5, 0.6) is 0 Å². The van der Waals surface area contributed by atoms with Gasteiger partial charge in [0.2, 0.25) is 0 Å². The smallest absolute Gasteiger partial charge is 0.353 e. The van der Waals surface area contributed by atoms with Gasteiger partial charge in [0.05, 0.1) is 20.4 Å². The average Bonchev–Trinajstić information content (AvgIpc) is 2.08. The molecule has 0 bridgehead atoms. The highest BCUT2D eigenvalue weighted by Crippen LogP contribution is 2.24. The zero-order valence-corrected chi connectivity index (χ0v) is 10.4. The lowest BCUT2D eigenvalue weighted by Gasteiger charge is -2.05. The molecule has 7 heteroatoms. The first-order valence-corrected chi connectivity index (χ1v) is 7.02. The van der Waals surface area contributed by atoms with Gasteiger partial charge in [-0.05, 0) is 18.2 Å². The van der Waals surface area contributed by atoms with E-state index < -0.39 is 15.8 Å². The Kier molecular flexibility index (Phi) is 3.77. The maximum Gasteiger partial charge on any atom is 0.353 e. The topological polar surface area (TPSA) is 84.5 Å². The minimum absolute atomic E-state index is 0.344. The molecule has 0 aliphatic rings. The number of urea groups is 1. The Balaban J connectivity index is 2.94. The number of hydrogen-bond acceptors (Lipinski definition) is 3. The number of nitrogens with two attached hydrogens (primary N) is 1. The minimum Gasteiger partial charge on any atom is -0.399 e. The van der Waals surface area contributed by atoms with E-state index in [0.29, 0.717) is 16.4 Å². The monoisotopic (exact) mass is 261 g/mol. The van der Waals surface area contributed by atoms with Crippen LogP contribution in [-0.2, 0) is 9.73 Å². The molecule has 1 aromatic rings. The van der Waals surface area contributed by atoms with Gasteiger partial charge in [0.25, 0.3) is 0 Å². The van der Waals surface area contributed by atoms with Crippen molar-refractivity contribution in [2.75, 3.05) is 23.6 Å². The van der Waals surface area contributed by atoms with Crippen LogP contribution in [0.3, 0.4) is 0 Å². The molecule has 0 aliphatic heterocycles. The normalized spacial score (nSPS) is 10.9. The number of carbonyl (C=O) groups is 1. The SMILES string of the molecule is CS(C)(=O)=NC(=O)Nc1cc(N)ccc1Cl. The zero-order valence-electron chi connectivity index (χ0n) is 8.86. The van der Waals surface area contributed by atoms with Crippen LogP contribution in [0.1, 0.15) is 0 Å². The number of benzene rings is 1. The second-order valence-corrected chi connectivity index (χ2v) is 6.39. The summed E-state index contributed by atoms with van der Waals surface area (Å²) >= 11 is 5.83. The molecule has 0 fully saturated rings. The molecule has 3 N–H and O–H groups in total. The average molecular weight is 262 g/mol. The van der Waals surface area contributed by atoms with Crippen LogP contribution >= 0.6 is 11.6 Å². The number of nitrogens with zero attached hydrogens (tertiary/aromatic N) is 1. The summed E-state index contributed by atoms with van der Waals surface area (Å²) in [7, 11) is -2.48. The number of nitrogen functional groups attached to an aromatic ring is 1. The van der Waals surface area contributed by atoms with E-state index in [0.717, 1.165) is 0 Å². The van der Waals surface area contributed by atoms with Gasteiger partial charge in [-0.1, -0.05) is 11.6 Å². The summed E-state index contributed by atoms with van der Waals surface area (Å²) in [6.07, 6.45) is 2.74. The summed E-state index contributed by atoms with van der Waals surface area (Å²) in [5.74, 6) is 0. The number of hydrogen-bond donors (Lipinski definition) is 2. The van der Waals surface area contributed by atoms with Crippen LogP contribution in [0.25, 0.3) is 0 Å². The fraction of sp³-hybridized carbons (Fsp3) is 0.222. The van der Waals surface area contributed by atoms with E-state index in [9.17, 15) is 9.00 Å². The largest absolute Gasteiger partial charge is 0.399 e. The highest BCUT2D eigenvalue weighted by molar-refractivity contribution is 7.92. The second-order valence-electron chi connectivity index (χ2n) is 3.44. The molecule has 0 spiro atoms. The van der Waals surface area contributed by atoms with Crippen molar-refractivity contribution < 1.29 is 9.00 Å². The van der Waals surface area contributed by atoms with Crippen LogP contribution < -0.4 is 11.1 Å². The van der Waals surface area contributed by atoms with Gasteiger partial charge in [-0.3, -0.25) is 0 Å². The molecule has 1 rings (SSSR count). The fourth-order valence-corrected chi connectivity index (χ4v) is 1.59. The van der Waals surface area contributed by atoms with Crippen molar-refractivity contribution in [1.29, 1.82) is 0 Å². The lowest BCUT2D eigenvalue weighted by atomic mass is 10.3. The van der Waals surface area contributed by atoms with E-state index in [-0.39, 0.29) is 0 Å². The number of halogens is 1. The quantitative estimate of drug-likeness (QED) is 0.760. The third-order valence-electron chi connectivity index (χ3n) is 1.53. The van der Waals surface area contributed by atoms with Crippen LogP contribution in [0.4, 0.5) is 16.2 Å². The number of carbonyl (C=O) groups excluding carboxylic acids is 1. The van der Waals surface area contributed by atoms with Crippen molar-refractivity contribution in [3.63, 3.8) is 0 Å². The summed E-state index contributed by atoms with van der Waals surface area (Å²) in [6.45, 7) is 0.